The van der Waals surface area contributed by atoms with E-state index in [2.05, 4.69) is 61.2 Å². The Bertz CT molecular complexity index is 730. The molecule has 2 saturated heterocycles. The van der Waals surface area contributed by atoms with Crippen molar-refractivity contribution in [3.05, 3.63) is 12.2 Å². The van der Waals surface area contributed by atoms with E-state index in [4.69, 9.17) is 13.9 Å². The highest BCUT2D eigenvalue weighted by Gasteiger charge is 2.43. The van der Waals surface area contributed by atoms with Crippen molar-refractivity contribution < 1.29 is 23.8 Å². The first-order valence-corrected chi connectivity index (χ1v) is 17.9. The van der Waals surface area contributed by atoms with E-state index in [1.165, 1.54) is 0 Å². The Balaban J connectivity index is 2.28. The van der Waals surface area contributed by atoms with Crippen molar-refractivity contribution in [2.24, 2.45) is 17.8 Å². The minimum Gasteiger partial charge on any atom is -0.462 e. The largest absolute Gasteiger partial charge is 0.462 e. The molecule has 0 amide bonds. The average Bonchev–Trinajstić information content (AvgIpc) is 3.11. The molecule has 1 N–H and O–H groups in total. The molecule has 0 unspecified atom stereocenters. The highest BCUT2D eigenvalue weighted by atomic mass is 28.4. The fourth-order valence-corrected chi connectivity index (χ4v) is 7.12. The van der Waals surface area contributed by atoms with Gasteiger partial charge in [0.05, 0.1) is 30.3 Å². The van der Waals surface area contributed by atoms with Crippen LogP contribution < -0.4 is 0 Å². The molecule has 0 aromatic carbocycles. The molecule has 0 aromatic heterocycles. The summed E-state index contributed by atoms with van der Waals surface area (Å²) in [6, 6.07) is 0. The van der Waals surface area contributed by atoms with Crippen LogP contribution >= 0.6 is 0 Å². The van der Waals surface area contributed by atoms with Gasteiger partial charge >= 0.3 is 5.97 Å². The Hall–Kier alpha value is -0.693. The molecule has 0 saturated carbocycles. The van der Waals surface area contributed by atoms with Crippen LogP contribution in [-0.4, -0.2) is 49.9 Å². The lowest BCUT2D eigenvalue weighted by Gasteiger charge is -2.43. The van der Waals surface area contributed by atoms with Crippen molar-refractivity contribution in [3.8, 4) is 0 Å². The molecule has 0 radical (unpaired) electrons. The number of esters is 1. The number of cyclic esters (lactones) is 1. The molecule has 2 bridgehead atoms. The van der Waals surface area contributed by atoms with Gasteiger partial charge in [-0.3, -0.25) is 4.79 Å². The summed E-state index contributed by atoms with van der Waals surface area (Å²) in [5.41, 5.74) is 1.06. The third-order valence-corrected chi connectivity index (χ3v) is 13.6. The molecule has 0 aliphatic carbocycles. The fourth-order valence-electron chi connectivity index (χ4n) is 5.70. The molecule has 8 atom stereocenters. The number of aliphatic hydroxyl groups is 1. The first kappa shape index (κ1) is 32.5. The second-order valence-corrected chi connectivity index (χ2v) is 18.6. The van der Waals surface area contributed by atoms with Crippen LogP contribution in [-0.2, 0) is 18.7 Å². The summed E-state index contributed by atoms with van der Waals surface area (Å²) < 4.78 is 19.4. The van der Waals surface area contributed by atoms with Gasteiger partial charge < -0.3 is 19.0 Å². The zero-order valence-corrected chi connectivity index (χ0v) is 26.5. The van der Waals surface area contributed by atoms with Crippen molar-refractivity contribution in [2.75, 3.05) is 0 Å². The topological polar surface area (TPSA) is 65.0 Å². The van der Waals surface area contributed by atoms with Crippen LogP contribution in [0.4, 0.5) is 0 Å². The summed E-state index contributed by atoms with van der Waals surface area (Å²) in [6.45, 7) is 24.2. The maximum absolute atomic E-state index is 12.9. The lowest BCUT2D eigenvalue weighted by atomic mass is 9.88. The lowest BCUT2D eigenvalue weighted by molar-refractivity contribution is -0.154. The first-order valence-electron chi connectivity index (χ1n) is 15.0. The van der Waals surface area contributed by atoms with Crippen LogP contribution in [0.3, 0.4) is 0 Å². The van der Waals surface area contributed by atoms with Gasteiger partial charge in [0.25, 0.3) is 0 Å². The van der Waals surface area contributed by atoms with E-state index in [0.717, 1.165) is 56.9 Å². The molecular weight excluding hydrogens is 480 g/mol. The normalized spacial score (nSPS) is 36.1. The molecule has 2 aliphatic rings. The predicted molar refractivity (Wildman–Crippen MR) is 155 cm³/mol. The van der Waals surface area contributed by atoms with Crippen molar-refractivity contribution in [1.29, 1.82) is 0 Å². The Labute approximate surface area is 229 Å². The van der Waals surface area contributed by atoms with Crippen LogP contribution in [0, 0.1) is 17.8 Å². The van der Waals surface area contributed by atoms with Crippen molar-refractivity contribution in [3.63, 3.8) is 0 Å². The molecule has 37 heavy (non-hydrogen) atoms. The molecule has 2 rings (SSSR count). The monoisotopic (exact) mass is 538 g/mol. The third kappa shape index (κ3) is 9.77. The number of ether oxygens (including phenoxy) is 2. The van der Waals surface area contributed by atoms with Crippen LogP contribution in [0.15, 0.2) is 12.2 Å². The SMILES string of the molecule is C=C1C[C@@H](CCC)OC(=O)[C@@H](C)CCCC[C@@H]2O[C@H](C[C@@H]2C)C[C@H](O)[C@@H](O[Si](C)(C)C(C)(C)C)[C@H](C)C1. The number of hydrogen-bond acceptors (Lipinski definition) is 5. The second-order valence-electron chi connectivity index (χ2n) is 13.8. The van der Waals surface area contributed by atoms with E-state index in [1.54, 1.807) is 0 Å². The highest BCUT2D eigenvalue weighted by molar-refractivity contribution is 6.74. The zero-order chi connectivity index (χ0) is 28.0. The second kappa shape index (κ2) is 14.1. The summed E-state index contributed by atoms with van der Waals surface area (Å²) in [6.07, 6.45) is 8.03. The summed E-state index contributed by atoms with van der Waals surface area (Å²) in [4.78, 5) is 12.9. The van der Waals surface area contributed by atoms with Crippen molar-refractivity contribution in [2.45, 2.75) is 161 Å². The Kier molecular flexibility index (Phi) is 12.4. The van der Waals surface area contributed by atoms with Crippen molar-refractivity contribution >= 4 is 14.3 Å². The van der Waals surface area contributed by atoms with E-state index in [9.17, 15) is 9.90 Å². The van der Waals surface area contributed by atoms with Crippen molar-refractivity contribution in [1.82, 2.24) is 0 Å². The van der Waals surface area contributed by atoms with E-state index in [-0.39, 0.29) is 47.3 Å². The number of aliphatic hydroxyl groups excluding tert-OH is 1. The molecule has 2 heterocycles. The van der Waals surface area contributed by atoms with Gasteiger partial charge in [-0.05, 0) is 62.1 Å². The predicted octanol–water partition coefficient (Wildman–Crippen LogP) is 7.82. The number of hydrogen-bond donors (Lipinski definition) is 1. The molecule has 0 aromatic rings. The van der Waals surface area contributed by atoms with Gasteiger partial charge in [-0.15, -0.1) is 0 Å². The van der Waals surface area contributed by atoms with Gasteiger partial charge in [0.1, 0.15) is 6.10 Å². The summed E-state index contributed by atoms with van der Waals surface area (Å²) in [5.74, 6) is 0.411. The number of carbonyl (C=O) groups excluding carboxylic acids is 1. The van der Waals surface area contributed by atoms with Crippen LogP contribution in [0.2, 0.25) is 18.1 Å². The molecular formula is C31H58O5Si. The van der Waals surface area contributed by atoms with E-state index < -0.39 is 14.4 Å². The van der Waals surface area contributed by atoms with Crippen LogP contribution in [0.5, 0.6) is 0 Å². The van der Waals surface area contributed by atoms with E-state index in [1.807, 2.05) is 6.92 Å². The number of fused-ring (bicyclic) bond motifs is 2. The Morgan fingerprint density at radius 2 is 1.70 bits per heavy atom. The molecule has 5 nitrogen and oxygen atoms in total. The third-order valence-electron chi connectivity index (χ3n) is 9.12. The molecule has 6 heteroatoms. The summed E-state index contributed by atoms with van der Waals surface area (Å²) >= 11 is 0. The van der Waals surface area contributed by atoms with Gasteiger partial charge in [-0.1, -0.05) is 79.9 Å². The van der Waals surface area contributed by atoms with Crippen LogP contribution in [0.1, 0.15) is 113 Å². The minimum absolute atomic E-state index is 0.0516. The summed E-state index contributed by atoms with van der Waals surface area (Å²) in [5, 5.41) is 11.6. The standard InChI is InChI=1S/C31H58O5Si/c1-11-14-25-18-21(2)17-24(5)29(36-37(9,10)31(6,7)8)27(32)20-26-19-23(4)28(34-26)16-13-12-15-22(3)30(33)35-25/h22-29,32H,2,11-20H2,1,3-10H3/t22-,23-,24+,25+,26+,27-,28-,29-/m0/s1. The average molecular weight is 539 g/mol. The minimum atomic E-state index is -2.11. The van der Waals surface area contributed by atoms with Gasteiger partial charge in [0.2, 0.25) is 0 Å². The highest BCUT2D eigenvalue weighted by Crippen LogP contribution is 2.40. The van der Waals surface area contributed by atoms with Gasteiger partial charge in [-0.25, -0.2) is 0 Å². The molecule has 216 valence electrons. The maximum atomic E-state index is 12.9. The first-order chi connectivity index (χ1) is 17.1. The van der Waals surface area contributed by atoms with E-state index >= 15 is 0 Å². The van der Waals surface area contributed by atoms with Crippen LogP contribution in [0.25, 0.3) is 0 Å². The lowest BCUT2D eigenvalue weighted by Crippen LogP contribution is -2.50. The maximum Gasteiger partial charge on any atom is 0.308 e. The smallest absolute Gasteiger partial charge is 0.308 e. The molecule has 0 spiro atoms. The molecule has 2 fully saturated rings. The molecule has 2 aliphatic heterocycles. The zero-order valence-electron chi connectivity index (χ0n) is 25.5. The van der Waals surface area contributed by atoms with Gasteiger partial charge in [0, 0.05) is 12.8 Å². The van der Waals surface area contributed by atoms with Gasteiger partial charge in [0.15, 0.2) is 8.32 Å². The van der Waals surface area contributed by atoms with Gasteiger partial charge in [-0.2, -0.15) is 0 Å². The van der Waals surface area contributed by atoms with E-state index in [0.29, 0.717) is 18.8 Å². The Morgan fingerprint density at radius 3 is 2.32 bits per heavy atom. The Morgan fingerprint density at radius 1 is 1.05 bits per heavy atom. The number of carbonyl (C=O) groups is 1. The summed E-state index contributed by atoms with van der Waals surface area (Å²) in [7, 11) is -2.11. The number of rotatable bonds is 4. The quantitative estimate of drug-likeness (QED) is 0.225. The fraction of sp³-hybridized carbons (Fsp3) is 0.903.